The molecule has 0 nitrogen and oxygen atoms in total. The standard InChI is InChI=1S/C12H28B.K/c1-4-7-10-13(11-8-5-2)12-9-6-3;/h13H,4-12H2,1-3H3;/q-1;+1. The van der Waals surface area contributed by atoms with Gasteiger partial charge in [-0.2, -0.15) is 19.0 Å². The minimum atomic E-state index is 0. The van der Waals surface area contributed by atoms with E-state index in [-0.39, 0.29) is 58.1 Å². The van der Waals surface area contributed by atoms with E-state index in [4.69, 9.17) is 0 Å². The van der Waals surface area contributed by atoms with Crippen molar-refractivity contribution in [2.45, 2.75) is 78.3 Å². The molecule has 0 bridgehead atoms. The van der Waals surface area contributed by atoms with Crippen molar-refractivity contribution >= 4 is 6.71 Å². The molecule has 0 aliphatic carbocycles. The Bertz CT molecular complexity index is 77.3. The molecule has 0 N–H and O–H groups in total. The maximum absolute atomic E-state index is 2.32. The van der Waals surface area contributed by atoms with E-state index >= 15 is 0 Å². The van der Waals surface area contributed by atoms with Gasteiger partial charge in [-0.1, -0.05) is 59.3 Å². The van der Waals surface area contributed by atoms with Crippen LogP contribution >= 0.6 is 0 Å². The zero-order valence-corrected chi connectivity index (χ0v) is 14.2. The summed E-state index contributed by atoms with van der Waals surface area (Å²) in [6.45, 7) is 7.19. The first kappa shape index (κ1) is 18.1. The molecule has 0 aromatic carbocycles. The van der Waals surface area contributed by atoms with E-state index in [0.717, 1.165) is 0 Å². The minimum absolute atomic E-state index is 0. The summed E-state index contributed by atoms with van der Waals surface area (Å²) in [5.74, 6) is 0. The normalized spacial score (nSPS) is 10.3. The molecule has 0 aromatic rings. The summed E-state index contributed by atoms with van der Waals surface area (Å²) in [6.07, 6.45) is 13.3. The maximum atomic E-state index is 2.32. The first-order chi connectivity index (χ1) is 6.35. The Labute approximate surface area is 134 Å². The summed E-state index contributed by atoms with van der Waals surface area (Å²) in [4.78, 5) is 0. The van der Waals surface area contributed by atoms with E-state index in [9.17, 15) is 0 Å². The van der Waals surface area contributed by atoms with Gasteiger partial charge < -0.3 is 0 Å². The van der Waals surface area contributed by atoms with Crippen molar-refractivity contribution in [2.75, 3.05) is 0 Å². The van der Waals surface area contributed by atoms with E-state index in [0.29, 0.717) is 0 Å². The van der Waals surface area contributed by atoms with Gasteiger partial charge in [-0.25, -0.2) is 0 Å². The summed E-state index contributed by atoms with van der Waals surface area (Å²) in [7, 11) is 0. The van der Waals surface area contributed by atoms with Gasteiger partial charge in [0.1, 0.15) is 0 Å². The van der Waals surface area contributed by atoms with Gasteiger partial charge in [0, 0.05) is 0 Å². The van der Waals surface area contributed by atoms with Crippen molar-refractivity contribution in [2.24, 2.45) is 0 Å². The molecule has 14 heavy (non-hydrogen) atoms. The SMILES string of the molecule is CCCC[BH-](CCCC)CCCC.[K+]. The zero-order valence-electron chi connectivity index (χ0n) is 11.1. The number of unbranched alkanes of at least 4 members (excludes halogenated alkanes) is 3. The molecule has 0 heterocycles. The van der Waals surface area contributed by atoms with Crippen LogP contribution in [0, 0.1) is 0 Å². The molecule has 0 saturated heterocycles. The zero-order chi connectivity index (χ0) is 9.94. The summed E-state index contributed by atoms with van der Waals surface area (Å²) in [5.41, 5.74) is 0. The molecule has 0 aromatic heterocycles. The van der Waals surface area contributed by atoms with Gasteiger partial charge >= 0.3 is 51.4 Å². The average molecular weight is 222 g/mol. The fourth-order valence-corrected chi connectivity index (χ4v) is 2.34. The molecule has 0 radical (unpaired) electrons. The van der Waals surface area contributed by atoms with Gasteiger partial charge in [0.25, 0.3) is 0 Å². The van der Waals surface area contributed by atoms with Crippen LogP contribution in [0.15, 0.2) is 0 Å². The Kier molecular flexibility index (Phi) is 19.0. The second-order valence-electron chi connectivity index (χ2n) is 4.68. The van der Waals surface area contributed by atoms with E-state index in [2.05, 4.69) is 20.8 Å². The largest absolute Gasteiger partial charge is 1.00 e. The Balaban J connectivity index is 0. The van der Waals surface area contributed by atoms with Crippen LogP contribution in [0.3, 0.4) is 0 Å². The molecule has 0 amide bonds. The van der Waals surface area contributed by atoms with Crippen molar-refractivity contribution in [3.63, 3.8) is 0 Å². The van der Waals surface area contributed by atoms with Crippen LogP contribution in [0.2, 0.25) is 19.0 Å². The van der Waals surface area contributed by atoms with E-state index in [1.807, 2.05) is 0 Å². The maximum Gasteiger partial charge on any atom is 1.00 e. The molecular weight excluding hydrogens is 194 g/mol. The first-order valence-electron chi connectivity index (χ1n) is 6.62. The predicted octanol–water partition coefficient (Wildman–Crippen LogP) is 1.62. The van der Waals surface area contributed by atoms with Crippen molar-refractivity contribution < 1.29 is 51.4 Å². The van der Waals surface area contributed by atoms with E-state index < -0.39 is 0 Å². The summed E-state index contributed by atoms with van der Waals surface area (Å²) >= 11 is 0. The van der Waals surface area contributed by atoms with Crippen molar-refractivity contribution in [3.8, 4) is 0 Å². The summed E-state index contributed by atoms with van der Waals surface area (Å²) in [6, 6.07) is 0. The van der Waals surface area contributed by atoms with Crippen LogP contribution in [-0.4, -0.2) is 6.71 Å². The number of hydrogen-bond donors (Lipinski definition) is 0. The summed E-state index contributed by atoms with van der Waals surface area (Å²) < 4.78 is 0. The Morgan fingerprint density at radius 1 is 0.643 bits per heavy atom. The minimum Gasteiger partial charge on any atom is -0.181 e. The van der Waals surface area contributed by atoms with Gasteiger partial charge in [-0.15, -0.1) is 0 Å². The fraction of sp³-hybridized carbons (Fsp3) is 1.00. The third-order valence-electron chi connectivity index (χ3n) is 3.31. The smallest absolute Gasteiger partial charge is 0.181 e. The molecule has 0 rings (SSSR count). The van der Waals surface area contributed by atoms with Gasteiger partial charge in [0.05, 0.1) is 0 Å². The molecule has 0 unspecified atom stereocenters. The van der Waals surface area contributed by atoms with Gasteiger partial charge in [-0.05, 0) is 6.71 Å². The van der Waals surface area contributed by atoms with Gasteiger partial charge in [0.2, 0.25) is 0 Å². The van der Waals surface area contributed by atoms with Crippen LogP contribution in [0.5, 0.6) is 0 Å². The predicted molar refractivity (Wildman–Crippen MR) is 66.3 cm³/mol. The van der Waals surface area contributed by atoms with Crippen molar-refractivity contribution in [1.29, 1.82) is 0 Å². The molecule has 0 spiro atoms. The second-order valence-corrected chi connectivity index (χ2v) is 4.68. The van der Waals surface area contributed by atoms with Crippen molar-refractivity contribution in [3.05, 3.63) is 0 Å². The average Bonchev–Trinajstić information content (AvgIpc) is 2.17. The quantitative estimate of drug-likeness (QED) is 0.520. The van der Waals surface area contributed by atoms with Gasteiger partial charge in [-0.3, -0.25) is 0 Å². The third kappa shape index (κ3) is 11.8. The summed E-state index contributed by atoms with van der Waals surface area (Å²) in [5, 5.41) is 0. The Morgan fingerprint density at radius 2 is 0.929 bits per heavy atom. The monoisotopic (exact) mass is 222 g/mol. The van der Waals surface area contributed by atoms with Crippen LogP contribution < -0.4 is 51.4 Å². The second kappa shape index (κ2) is 14.7. The van der Waals surface area contributed by atoms with Crippen molar-refractivity contribution in [1.82, 2.24) is 0 Å². The van der Waals surface area contributed by atoms with Crippen LogP contribution in [0.25, 0.3) is 0 Å². The van der Waals surface area contributed by atoms with E-state index in [1.54, 1.807) is 19.0 Å². The molecule has 2 heteroatoms. The molecule has 0 aliphatic rings. The Morgan fingerprint density at radius 3 is 1.14 bits per heavy atom. The fourth-order valence-electron chi connectivity index (χ4n) is 2.34. The van der Waals surface area contributed by atoms with E-state index in [1.165, 1.54) is 38.5 Å². The van der Waals surface area contributed by atoms with Crippen LogP contribution in [0.4, 0.5) is 0 Å². The third-order valence-corrected chi connectivity index (χ3v) is 3.31. The molecule has 0 aliphatic heterocycles. The van der Waals surface area contributed by atoms with Crippen LogP contribution in [-0.2, 0) is 0 Å². The first-order valence-corrected chi connectivity index (χ1v) is 6.62. The Hall–Kier alpha value is 1.70. The topological polar surface area (TPSA) is 0 Å². The molecule has 80 valence electrons. The molecule has 0 atom stereocenters. The van der Waals surface area contributed by atoms with Crippen LogP contribution in [0.1, 0.15) is 59.3 Å². The molecule has 0 saturated carbocycles. The molecule has 0 fully saturated rings. The number of hydrogen-bond acceptors (Lipinski definition) is 0. The number of rotatable bonds is 9. The molecular formula is C12H28BK. The van der Waals surface area contributed by atoms with Gasteiger partial charge in [0.15, 0.2) is 0 Å².